The molecule has 5 nitrogen and oxygen atoms in total. The zero-order valence-corrected chi connectivity index (χ0v) is 10.9. The minimum absolute atomic E-state index is 0.0413. The average molecular weight is 318 g/mol. The first-order chi connectivity index (χ1) is 8.49. The molecule has 1 aromatic carbocycles. The molecule has 0 radical (unpaired) electrons. The van der Waals surface area contributed by atoms with E-state index in [9.17, 15) is 18.8 Å². The van der Waals surface area contributed by atoms with E-state index in [4.69, 9.17) is 0 Å². The maximum Gasteiger partial charge on any atom is 0.397 e. The Bertz CT molecular complexity index is 504. The third-order valence-electron chi connectivity index (χ3n) is 1.92. The Balaban J connectivity index is 3.00. The van der Waals surface area contributed by atoms with E-state index in [1.165, 1.54) is 6.07 Å². The number of aldehydes is 1. The van der Waals surface area contributed by atoms with Crippen LogP contribution in [0.25, 0.3) is 0 Å². The summed E-state index contributed by atoms with van der Waals surface area (Å²) in [5.74, 6) is -2.98. The molecular formula is C11H9BrFNO4. The van der Waals surface area contributed by atoms with Crippen molar-refractivity contribution in [3.05, 3.63) is 28.0 Å². The third-order valence-corrected chi connectivity index (χ3v) is 2.38. The van der Waals surface area contributed by atoms with E-state index in [2.05, 4.69) is 26.0 Å². The van der Waals surface area contributed by atoms with Gasteiger partial charge in [-0.05, 0) is 19.1 Å². The van der Waals surface area contributed by atoms with Crippen molar-refractivity contribution in [3.63, 3.8) is 0 Å². The summed E-state index contributed by atoms with van der Waals surface area (Å²) >= 11 is 3.01. The van der Waals surface area contributed by atoms with E-state index in [-0.39, 0.29) is 24.1 Å². The van der Waals surface area contributed by atoms with E-state index in [0.29, 0.717) is 4.47 Å². The maximum absolute atomic E-state index is 13.4. The van der Waals surface area contributed by atoms with Gasteiger partial charge >= 0.3 is 11.9 Å². The predicted octanol–water partition coefficient (Wildman–Crippen LogP) is 1.90. The second-order valence-corrected chi connectivity index (χ2v) is 4.06. The number of amides is 1. The molecule has 0 aliphatic heterocycles. The number of rotatable bonds is 3. The van der Waals surface area contributed by atoms with Crippen LogP contribution in [-0.2, 0) is 14.3 Å². The summed E-state index contributed by atoms with van der Waals surface area (Å²) in [6.07, 6.45) is 0.253. The molecule has 0 aliphatic rings. The Morgan fingerprint density at radius 2 is 2.17 bits per heavy atom. The number of ether oxygens (including phenoxy) is 1. The molecule has 0 fully saturated rings. The van der Waals surface area contributed by atoms with Gasteiger partial charge in [-0.15, -0.1) is 0 Å². The fourth-order valence-electron chi connectivity index (χ4n) is 1.18. The van der Waals surface area contributed by atoms with Gasteiger partial charge in [0.15, 0.2) is 6.29 Å². The Morgan fingerprint density at radius 3 is 2.72 bits per heavy atom. The van der Waals surface area contributed by atoms with Crippen molar-refractivity contribution in [3.8, 4) is 0 Å². The summed E-state index contributed by atoms with van der Waals surface area (Å²) in [4.78, 5) is 33.2. The molecule has 1 amide bonds. The number of carbonyl (C=O) groups excluding carboxylic acids is 3. The predicted molar refractivity (Wildman–Crippen MR) is 64.8 cm³/mol. The molecule has 96 valence electrons. The fourth-order valence-corrected chi connectivity index (χ4v) is 1.61. The first kappa shape index (κ1) is 14.3. The quantitative estimate of drug-likeness (QED) is 0.525. The first-order valence-electron chi connectivity index (χ1n) is 4.92. The zero-order valence-electron chi connectivity index (χ0n) is 9.33. The number of benzene rings is 1. The average Bonchev–Trinajstić information content (AvgIpc) is 2.28. The van der Waals surface area contributed by atoms with Crippen molar-refractivity contribution in [1.29, 1.82) is 0 Å². The maximum atomic E-state index is 13.4. The highest BCUT2D eigenvalue weighted by molar-refractivity contribution is 9.10. The van der Waals surface area contributed by atoms with Gasteiger partial charge < -0.3 is 10.1 Å². The molecule has 0 unspecified atom stereocenters. The van der Waals surface area contributed by atoms with Crippen LogP contribution in [0, 0.1) is 5.82 Å². The van der Waals surface area contributed by atoms with Crippen LogP contribution in [0.1, 0.15) is 17.3 Å². The summed E-state index contributed by atoms with van der Waals surface area (Å²) in [6.45, 7) is 1.58. The number of hydrogen-bond donors (Lipinski definition) is 1. The highest BCUT2D eigenvalue weighted by Gasteiger charge is 2.18. The molecule has 0 bridgehead atoms. The summed E-state index contributed by atoms with van der Waals surface area (Å²) in [5, 5.41) is 2.11. The van der Waals surface area contributed by atoms with Gasteiger partial charge in [-0.2, -0.15) is 0 Å². The number of carbonyl (C=O) groups is 3. The highest BCUT2D eigenvalue weighted by atomic mass is 79.9. The van der Waals surface area contributed by atoms with E-state index < -0.39 is 17.7 Å². The molecule has 1 N–H and O–H groups in total. The molecule has 7 heteroatoms. The monoisotopic (exact) mass is 317 g/mol. The van der Waals surface area contributed by atoms with Crippen molar-refractivity contribution in [1.82, 2.24) is 0 Å². The van der Waals surface area contributed by atoms with Gasteiger partial charge in [-0.3, -0.25) is 9.59 Å². The Labute approximate surface area is 110 Å². The van der Waals surface area contributed by atoms with Gasteiger partial charge in [0, 0.05) is 4.47 Å². The molecule has 0 saturated heterocycles. The van der Waals surface area contributed by atoms with Crippen molar-refractivity contribution >= 4 is 39.8 Å². The van der Waals surface area contributed by atoms with Gasteiger partial charge in [-0.1, -0.05) is 15.9 Å². The normalized spacial score (nSPS) is 9.72. The smallest absolute Gasteiger partial charge is 0.397 e. The van der Waals surface area contributed by atoms with Gasteiger partial charge in [0.2, 0.25) is 0 Å². The second-order valence-electron chi connectivity index (χ2n) is 3.14. The Morgan fingerprint density at radius 1 is 1.50 bits per heavy atom. The van der Waals surface area contributed by atoms with Gasteiger partial charge in [-0.25, -0.2) is 9.18 Å². The molecule has 18 heavy (non-hydrogen) atoms. The number of anilines is 1. The van der Waals surface area contributed by atoms with Gasteiger partial charge in [0.1, 0.15) is 5.82 Å². The number of esters is 1. The van der Waals surface area contributed by atoms with E-state index in [1.807, 2.05) is 0 Å². The summed E-state index contributed by atoms with van der Waals surface area (Å²) in [5.41, 5.74) is -0.439. The standard InChI is InChI=1S/C11H9BrFNO4/c1-2-18-11(17)10(16)14-9-4-6(12)3-8(13)7(9)5-15/h3-5H,2H2,1H3,(H,14,16). The summed E-state index contributed by atoms with van der Waals surface area (Å²) in [6, 6.07) is 2.38. The van der Waals surface area contributed by atoms with Crippen LogP contribution < -0.4 is 5.32 Å². The van der Waals surface area contributed by atoms with Gasteiger partial charge in [0.25, 0.3) is 0 Å². The SMILES string of the molecule is CCOC(=O)C(=O)Nc1cc(Br)cc(F)c1C=O. The van der Waals surface area contributed by atoms with Crippen LogP contribution in [0.2, 0.25) is 0 Å². The number of halogens is 2. The van der Waals surface area contributed by atoms with Crippen molar-refractivity contribution in [2.45, 2.75) is 6.92 Å². The summed E-state index contributed by atoms with van der Waals surface area (Å²) in [7, 11) is 0. The largest absolute Gasteiger partial charge is 0.459 e. The molecule has 0 heterocycles. The number of nitrogens with one attached hydrogen (secondary N) is 1. The van der Waals surface area contributed by atoms with Gasteiger partial charge in [0.05, 0.1) is 17.9 Å². The summed E-state index contributed by atoms with van der Waals surface area (Å²) < 4.78 is 18.2. The van der Waals surface area contributed by atoms with Crippen LogP contribution in [0.3, 0.4) is 0 Å². The lowest BCUT2D eigenvalue weighted by molar-refractivity contribution is -0.152. The topological polar surface area (TPSA) is 72.5 Å². The third kappa shape index (κ3) is 3.36. The van der Waals surface area contributed by atoms with Crippen LogP contribution in [0.4, 0.5) is 10.1 Å². The van der Waals surface area contributed by atoms with Crippen molar-refractivity contribution in [2.75, 3.05) is 11.9 Å². The van der Waals surface area contributed by atoms with Crippen LogP contribution in [0.15, 0.2) is 16.6 Å². The first-order valence-corrected chi connectivity index (χ1v) is 5.71. The molecule has 0 saturated carbocycles. The van der Waals surface area contributed by atoms with E-state index in [1.54, 1.807) is 6.92 Å². The van der Waals surface area contributed by atoms with Crippen LogP contribution in [-0.4, -0.2) is 24.8 Å². The van der Waals surface area contributed by atoms with E-state index in [0.717, 1.165) is 6.07 Å². The molecule has 0 atom stereocenters. The van der Waals surface area contributed by atoms with E-state index >= 15 is 0 Å². The molecule has 0 aliphatic carbocycles. The highest BCUT2D eigenvalue weighted by Crippen LogP contribution is 2.23. The lowest BCUT2D eigenvalue weighted by Gasteiger charge is -2.08. The molecule has 1 rings (SSSR count). The Kier molecular flexibility index (Phi) is 4.96. The van der Waals surface area contributed by atoms with Crippen molar-refractivity contribution in [2.24, 2.45) is 0 Å². The molecular weight excluding hydrogens is 309 g/mol. The fraction of sp³-hybridized carbons (Fsp3) is 0.182. The molecule has 0 spiro atoms. The Hall–Kier alpha value is -1.76. The molecule has 1 aromatic rings. The zero-order chi connectivity index (χ0) is 13.7. The minimum atomic E-state index is -1.10. The van der Waals surface area contributed by atoms with Crippen molar-refractivity contribution < 1.29 is 23.5 Å². The number of hydrogen-bond acceptors (Lipinski definition) is 4. The van der Waals surface area contributed by atoms with Crippen LogP contribution in [0.5, 0.6) is 0 Å². The lowest BCUT2D eigenvalue weighted by atomic mass is 10.2. The molecule has 0 aromatic heterocycles. The second kappa shape index (κ2) is 6.25. The minimum Gasteiger partial charge on any atom is -0.459 e. The van der Waals surface area contributed by atoms with Crippen LogP contribution >= 0.6 is 15.9 Å². The lowest BCUT2D eigenvalue weighted by Crippen LogP contribution is -2.25.